The molecule has 0 atom stereocenters. The molecule has 0 aromatic carbocycles. The van der Waals surface area contributed by atoms with Crippen LogP contribution in [0.2, 0.25) is 0 Å². The first-order valence-electron chi connectivity index (χ1n) is 3.51. The van der Waals surface area contributed by atoms with E-state index in [1.165, 1.54) is 12.3 Å². The third kappa shape index (κ3) is 1.00. The molecule has 1 aromatic rings. The molecule has 0 saturated heterocycles. The van der Waals surface area contributed by atoms with Gasteiger partial charge >= 0.3 is 5.69 Å². The van der Waals surface area contributed by atoms with E-state index in [9.17, 15) is 10.1 Å². The molecule has 1 aliphatic rings. The number of furan rings is 1. The van der Waals surface area contributed by atoms with Gasteiger partial charge in [-0.05, 0) is 12.8 Å². The van der Waals surface area contributed by atoms with E-state index in [0.717, 1.165) is 12.8 Å². The first-order valence-corrected chi connectivity index (χ1v) is 3.51. The topological polar surface area (TPSA) is 56.3 Å². The lowest BCUT2D eigenvalue weighted by Crippen LogP contribution is -1.88. The van der Waals surface area contributed by atoms with E-state index in [-0.39, 0.29) is 5.69 Å². The van der Waals surface area contributed by atoms with Gasteiger partial charge in [-0.15, -0.1) is 0 Å². The maximum Gasteiger partial charge on any atom is 0.310 e. The number of hydrogen-bond donors (Lipinski definition) is 0. The molecular formula is C7H7NO3. The molecule has 0 amide bonds. The minimum Gasteiger partial charge on any atom is -0.462 e. The highest BCUT2D eigenvalue weighted by atomic mass is 16.6. The molecule has 0 unspecified atom stereocenters. The second-order valence-corrected chi connectivity index (χ2v) is 2.70. The van der Waals surface area contributed by atoms with Crippen molar-refractivity contribution in [2.45, 2.75) is 18.8 Å². The highest BCUT2D eigenvalue weighted by molar-refractivity contribution is 5.37. The van der Waals surface area contributed by atoms with Gasteiger partial charge in [-0.1, -0.05) is 0 Å². The highest BCUT2D eigenvalue weighted by Crippen LogP contribution is 2.44. The zero-order valence-electron chi connectivity index (χ0n) is 5.82. The van der Waals surface area contributed by atoms with Gasteiger partial charge in [0.05, 0.1) is 17.3 Å². The molecule has 0 bridgehead atoms. The molecular weight excluding hydrogens is 146 g/mol. The van der Waals surface area contributed by atoms with Crippen LogP contribution in [0.1, 0.15) is 24.5 Å². The van der Waals surface area contributed by atoms with Crippen LogP contribution in [0, 0.1) is 10.1 Å². The van der Waals surface area contributed by atoms with E-state index in [4.69, 9.17) is 4.42 Å². The molecule has 0 radical (unpaired) electrons. The van der Waals surface area contributed by atoms with Crippen LogP contribution in [0.25, 0.3) is 0 Å². The molecule has 0 N–H and O–H groups in total. The van der Waals surface area contributed by atoms with Gasteiger partial charge in [0, 0.05) is 5.92 Å². The van der Waals surface area contributed by atoms with Gasteiger partial charge < -0.3 is 4.42 Å². The number of nitrogens with zero attached hydrogens (tertiary/aromatic N) is 1. The van der Waals surface area contributed by atoms with E-state index in [2.05, 4.69) is 0 Å². The predicted molar refractivity (Wildman–Crippen MR) is 37.3 cm³/mol. The van der Waals surface area contributed by atoms with Crippen LogP contribution in [0.15, 0.2) is 16.7 Å². The number of hydrogen-bond acceptors (Lipinski definition) is 3. The predicted octanol–water partition coefficient (Wildman–Crippen LogP) is 2.07. The Morgan fingerprint density at radius 2 is 2.36 bits per heavy atom. The molecule has 1 saturated carbocycles. The summed E-state index contributed by atoms with van der Waals surface area (Å²) >= 11 is 0. The normalized spacial score (nSPS) is 16.7. The van der Waals surface area contributed by atoms with Crippen LogP contribution >= 0.6 is 0 Å². The van der Waals surface area contributed by atoms with Gasteiger partial charge in [-0.2, -0.15) is 0 Å². The van der Waals surface area contributed by atoms with Gasteiger partial charge in [-0.25, -0.2) is 0 Å². The maximum absolute atomic E-state index is 10.4. The first kappa shape index (κ1) is 6.39. The van der Waals surface area contributed by atoms with Gasteiger partial charge in [0.1, 0.15) is 0 Å². The van der Waals surface area contributed by atoms with E-state index >= 15 is 0 Å². The fourth-order valence-corrected chi connectivity index (χ4v) is 1.12. The van der Waals surface area contributed by atoms with Crippen LogP contribution in [0.5, 0.6) is 0 Å². The summed E-state index contributed by atoms with van der Waals surface area (Å²) in [5, 5.41) is 10.4. The minimum absolute atomic E-state index is 0.132. The summed E-state index contributed by atoms with van der Waals surface area (Å²) in [6.45, 7) is 0. The molecule has 0 spiro atoms. The van der Waals surface area contributed by atoms with Crippen LogP contribution in [-0.4, -0.2) is 4.92 Å². The summed E-state index contributed by atoms with van der Waals surface area (Å²) in [5.74, 6) is 0.861. The Labute approximate surface area is 63.0 Å². The van der Waals surface area contributed by atoms with Gasteiger partial charge in [0.2, 0.25) is 0 Å². The summed E-state index contributed by atoms with van der Waals surface area (Å²) in [4.78, 5) is 9.97. The van der Waals surface area contributed by atoms with Crippen LogP contribution in [-0.2, 0) is 0 Å². The molecule has 4 nitrogen and oxygen atoms in total. The lowest BCUT2D eigenvalue weighted by atomic mass is 10.3. The summed E-state index contributed by atoms with van der Waals surface area (Å²) in [5.41, 5.74) is 0.132. The third-order valence-electron chi connectivity index (χ3n) is 1.82. The van der Waals surface area contributed by atoms with Crippen molar-refractivity contribution < 1.29 is 9.34 Å². The van der Waals surface area contributed by atoms with Crippen LogP contribution < -0.4 is 0 Å². The minimum atomic E-state index is -0.392. The molecule has 1 aliphatic carbocycles. The van der Waals surface area contributed by atoms with Crippen LogP contribution in [0.4, 0.5) is 5.69 Å². The Bertz CT molecular complexity index is 288. The van der Waals surface area contributed by atoms with Crippen molar-refractivity contribution in [2.24, 2.45) is 0 Å². The zero-order valence-corrected chi connectivity index (χ0v) is 5.82. The Kier molecular flexibility index (Phi) is 1.21. The van der Waals surface area contributed by atoms with Gasteiger partial charge in [-0.3, -0.25) is 10.1 Å². The van der Waals surface area contributed by atoms with Gasteiger partial charge in [0.15, 0.2) is 5.76 Å². The first-order chi connectivity index (χ1) is 5.29. The van der Waals surface area contributed by atoms with Crippen molar-refractivity contribution in [2.75, 3.05) is 0 Å². The highest BCUT2D eigenvalue weighted by Gasteiger charge is 2.33. The van der Waals surface area contributed by atoms with Crippen molar-refractivity contribution in [3.8, 4) is 0 Å². The van der Waals surface area contributed by atoms with E-state index in [1.807, 2.05) is 0 Å². The van der Waals surface area contributed by atoms with Crippen molar-refractivity contribution in [1.29, 1.82) is 0 Å². The molecule has 4 heteroatoms. The maximum atomic E-state index is 10.4. The second-order valence-electron chi connectivity index (χ2n) is 2.70. The monoisotopic (exact) mass is 153 g/mol. The largest absolute Gasteiger partial charge is 0.462 e. The molecule has 1 heterocycles. The zero-order chi connectivity index (χ0) is 7.84. The standard InChI is InChI=1S/C7H7NO3/c9-8(10)6-3-4-11-7(6)5-1-2-5/h3-5H,1-2H2. The molecule has 58 valence electrons. The number of nitro groups is 1. The summed E-state index contributed by atoms with van der Waals surface area (Å²) < 4.78 is 5.01. The lowest BCUT2D eigenvalue weighted by molar-refractivity contribution is -0.386. The molecule has 2 rings (SSSR count). The fraction of sp³-hybridized carbons (Fsp3) is 0.429. The van der Waals surface area contributed by atoms with Crippen molar-refractivity contribution >= 4 is 5.69 Å². The third-order valence-corrected chi connectivity index (χ3v) is 1.82. The summed E-state index contributed by atoms with van der Waals surface area (Å²) in [6, 6.07) is 1.41. The Hall–Kier alpha value is -1.32. The Balaban J connectivity index is 2.37. The molecule has 1 fully saturated rings. The molecule has 0 aliphatic heterocycles. The van der Waals surface area contributed by atoms with Crippen molar-refractivity contribution in [1.82, 2.24) is 0 Å². The molecule has 11 heavy (non-hydrogen) atoms. The van der Waals surface area contributed by atoms with E-state index in [1.54, 1.807) is 0 Å². The Morgan fingerprint density at radius 3 is 2.91 bits per heavy atom. The smallest absolute Gasteiger partial charge is 0.310 e. The second kappa shape index (κ2) is 2.08. The quantitative estimate of drug-likeness (QED) is 0.482. The SMILES string of the molecule is O=[N+]([O-])c1ccoc1C1CC1. The molecule has 1 aromatic heterocycles. The van der Waals surface area contributed by atoms with E-state index in [0.29, 0.717) is 11.7 Å². The fourth-order valence-electron chi connectivity index (χ4n) is 1.12. The lowest BCUT2D eigenvalue weighted by Gasteiger charge is -1.89. The van der Waals surface area contributed by atoms with Gasteiger partial charge in [0.25, 0.3) is 0 Å². The van der Waals surface area contributed by atoms with Crippen LogP contribution in [0.3, 0.4) is 0 Å². The van der Waals surface area contributed by atoms with Crippen molar-refractivity contribution in [3.05, 3.63) is 28.2 Å². The summed E-state index contributed by atoms with van der Waals surface area (Å²) in [7, 11) is 0. The Morgan fingerprint density at radius 1 is 1.64 bits per heavy atom. The van der Waals surface area contributed by atoms with Crippen molar-refractivity contribution in [3.63, 3.8) is 0 Å². The summed E-state index contributed by atoms with van der Waals surface area (Å²) in [6.07, 6.45) is 3.43. The number of rotatable bonds is 2. The average Bonchev–Trinajstić information content (AvgIpc) is 2.68. The average molecular weight is 153 g/mol. The van der Waals surface area contributed by atoms with E-state index < -0.39 is 4.92 Å².